The average molecular weight is 311 g/mol. The van der Waals surface area contributed by atoms with Crippen LogP contribution in [0.15, 0.2) is 30.3 Å². The van der Waals surface area contributed by atoms with Gasteiger partial charge in [-0.1, -0.05) is 36.8 Å². The number of fused-ring (bicyclic) bond motifs is 1. The molecular weight excluding hydrogens is 290 g/mol. The summed E-state index contributed by atoms with van der Waals surface area (Å²) >= 11 is 0. The first-order valence-corrected chi connectivity index (χ1v) is 8.31. The van der Waals surface area contributed by atoms with Gasteiger partial charge in [-0.25, -0.2) is 0 Å². The Balaban J connectivity index is 1.48. The molecule has 0 radical (unpaired) electrons. The number of nitrogens with one attached hydrogen (secondary N) is 2. The minimum Gasteiger partial charge on any atom is -0.376 e. The third kappa shape index (κ3) is 2.88. The van der Waals surface area contributed by atoms with E-state index in [2.05, 4.69) is 27.6 Å². The molecule has 2 heterocycles. The van der Waals surface area contributed by atoms with Crippen LogP contribution >= 0.6 is 0 Å². The van der Waals surface area contributed by atoms with E-state index in [1.54, 1.807) is 0 Å². The van der Waals surface area contributed by atoms with Crippen molar-refractivity contribution in [3.63, 3.8) is 0 Å². The zero-order valence-corrected chi connectivity index (χ0v) is 13.0. The number of carbonyl (C=O) groups is 1. The van der Waals surface area contributed by atoms with E-state index in [9.17, 15) is 4.79 Å². The maximum atomic E-state index is 11.9. The number of hydrogen-bond acceptors (Lipinski definition) is 3. The van der Waals surface area contributed by atoms with Gasteiger partial charge in [0, 0.05) is 29.5 Å². The van der Waals surface area contributed by atoms with Gasteiger partial charge >= 0.3 is 0 Å². The molecule has 1 unspecified atom stereocenters. The Morgan fingerprint density at radius 1 is 1.22 bits per heavy atom. The lowest BCUT2D eigenvalue weighted by molar-refractivity contribution is -0.117. The van der Waals surface area contributed by atoms with Crippen molar-refractivity contribution in [2.75, 3.05) is 11.9 Å². The smallest absolute Gasteiger partial charge is 0.226 e. The summed E-state index contributed by atoms with van der Waals surface area (Å²) in [5.74, 6) is 1.39. The number of nitrogens with zero attached hydrogens (tertiary/aromatic N) is 1. The highest BCUT2D eigenvalue weighted by molar-refractivity contribution is 5.93. The van der Waals surface area contributed by atoms with Crippen molar-refractivity contribution >= 4 is 11.7 Å². The zero-order chi connectivity index (χ0) is 15.6. The van der Waals surface area contributed by atoms with Gasteiger partial charge in [-0.15, -0.1) is 0 Å². The fourth-order valence-electron chi connectivity index (χ4n) is 3.43. The summed E-state index contributed by atoms with van der Waals surface area (Å²) in [4.78, 5) is 11.9. The van der Waals surface area contributed by atoms with Crippen LogP contribution in [0.25, 0.3) is 0 Å². The number of rotatable bonds is 5. The molecule has 5 heteroatoms. The Kier molecular flexibility index (Phi) is 3.87. The van der Waals surface area contributed by atoms with Crippen molar-refractivity contribution in [3.8, 4) is 0 Å². The number of aromatic nitrogens is 2. The summed E-state index contributed by atoms with van der Waals surface area (Å²) in [6.45, 7) is 1.12. The van der Waals surface area contributed by atoms with E-state index < -0.39 is 0 Å². The molecule has 1 fully saturated rings. The van der Waals surface area contributed by atoms with Crippen LogP contribution in [-0.4, -0.2) is 22.7 Å². The Hall–Kier alpha value is -2.14. The number of amides is 1. The van der Waals surface area contributed by atoms with Gasteiger partial charge in [-0.2, -0.15) is 5.10 Å². The average Bonchev–Trinajstić information content (AvgIpc) is 2.90. The topological polar surface area (TPSA) is 67.0 Å². The summed E-state index contributed by atoms with van der Waals surface area (Å²) in [6.07, 6.45) is 4.17. The molecule has 1 aliphatic heterocycles. The molecule has 4 rings (SSSR count). The zero-order valence-electron chi connectivity index (χ0n) is 13.0. The Morgan fingerprint density at radius 3 is 2.78 bits per heavy atom. The van der Waals surface area contributed by atoms with E-state index in [0.717, 1.165) is 5.56 Å². The number of anilines is 1. The normalized spacial score (nSPS) is 20.7. The molecule has 5 nitrogen and oxygen atoms in total. The van der Waals surface area contributed by atoms with E-state index >= 15 is 0 Å². The lowest BCUT2D eigenvalue weighted by Gasteiger charge is -2.29. The molecule has 1 atom stereocenters. The lowest BCUT2D eigenvalue weighted by Crippen LogP contribution is -2.26. The van der Waals surface area contributed by atoms with Gasteiger partial charge in [0.15, 0.2) is 5.82 Å². The molecule has 2 aliphatic rings. The number of hydrogen-bond donors (Lipinski definition) is 2. The molecule has 23 heavy (non-hydrogen) atoms. The Bertz CT molecular complexity index is 692. The van der Waals surface area contributed by atoms with E-state index in [1.807, 2.05) is 18.2 Å². The van der Waals surface area contributed by atoms with Gasteiger partial charge in [-0.05, 0) is 18.4 Å². The molecule has 0 bridgehead atoms. The van der Waals surface area contributed by atoms with Crippen LogP contribution in [0.5, 0.6) is 0 Å². The van der Waals surface area contributed by atoms with Gasteiger partial charge in [0.25, 0.3) is 0 Å². The molecule has 2 aromatic rings. The van der Waals surface area contributed by atoms with Gasteiger partial charge in [0.2, 0.25) is 5.91 Å². The molecule has 1 aromatic carbocycles. The van der Waals surface area contributed by atoms with Crippen LogP contribution < -0.4 is 5.32 Å². The van der Waals surface area contributed by atoms with Crippen molar-refractivity contribution in [2.45, 2.75) is 44.1 Å². The molecule has 0 spiro atoms. The van der Waals surface area contributed by atoms with E-state index in [4.69, 9.17) is 4.74 Å². The molecule has 1 saturated carbocycles. The molecule has 1 aromatic heterocycles. The molecule has 120 valence electrons. The number of aromatic amines is 1. The molecule has 1 aliphatic carbocycles. The Labute approximate surface area is 135 Å². The van der Waals surface area contributed by atoms with Gasteiger partial charge < -0.3 is 10.1 Å². The third-order valence-corrected chi connectivity index (χ3v) is 4.88. The van der Waals surface area contributed by atoms with Crippen molar-refractivity contribution in [1.82, 2.24) is 10.2 Å². The summed E-state index contributed by atoms with van der Waals surface area (Å²) < 4.78 is 5.90. The third-order valence-electron chi connectivity index (χ3n) is 4.88. The summed E-state index contributed by atoms with van der Waals surface area (Å²) in [5, 5.41) is 10.4. The first-order chi connectivity index (χ1) is 11.3. The largest absolute Gasteiger partial charge is 0.376 e. The summed E-state index contributed by atoms with van der Waals surface area (Å²) in [7, 11) is 0. The minimum absolute atomic E-state index is 0.0254. The second-order valence-electron chi connectivity index (χ2n) is 6.48. The van der Waals surface area contributed by atoms with Crippen molar-refractivity contribution in [3.05, 3.63) is 47.2 Å². The monoisotopic (exact) mass is 311 g/mol. The van der Waals surface area contributed by atoms with E-state index in [0.29, 0.717) is 31.4 Å². The van der Waals surface area contributed by atoms with Crippen molar-refractivity contribution < 1.29 is 9.53 Å². The van der Waals surface area contributed by atoms with Gasteiger partial charge in [-0.3, -0.25) is 9.89 Å². The van der Waals surface area contributed by atoms with Crippen LogP contribution in [0.2, 0.25) is 0 Å². The number of benzene rings is 1. The first-order valence-electron chi connectivity index (χ1n) is 8.31. The van der Waals surface area contributed by atoms with Crippen LogP contribution in [0, 0.1) is 0 Å². The number of carbonyl (C=O) groups excluding carboxylic acids is 1. The highest BCUT2D eigenvalue weighted by Gasteiger charge is 2.34. The minimum atomic E-state index is 0.0254. The van der Waals surface area contributed by atoms with Crippen molar-refractivity contribution in [1.29, 1.82) is 0 Å². The fourth-order valence-corrected chi connectivity index (χ4v) is 3.43. The maximum absolute atomic E-state index is 11.9. The van der Waals surface area contributed by atoms with Crippen LogP contribution in [0.4, 0.5) is 5.82 Å². The number of ether oxygens (including phenoxy) is 1. The summed E-state index contributed by atoms with van der Waals surface area (Å²) in [6, 6.07) is 10.1. The molecule has 1 amide bonds. The standard InChI is InChI=1S/C18H21N3O2/c22-15-9-14(11-23-10-12-5-2-1-3-6-12)16-17(13-7-4-8-13)20-21-18(16)19-15/h1-3,5-6,13-14H,4,7-11H2,(H2,19,20,21,22). The highest BCUT2D eigenvalue weighted by atomic mass is 16.5. The lowest BCUT2D eigenvalue weighted by atomic mass is 9.78. The SMILES string of the molecule is O=C1CC(COCc2ccccc2)c2c(n[nH]c2C2CCC2)N1. The Morgan fingerprint density at radius 2 is 2.04 bits per heavy atom. The predicted octanol–water partition coefficient (Wildman–Crippen LogP) is 3.32. The second-order valence-corrected chi connectivity index (χ2v) is 6.48. The molecule has 2 N–H and O–H groups in total. The maximum Gasteiger partial charge on any atom is 0.226 e. The quantitative estimate of drug-likeness (QED) is 0.890. The van der Waals surface area contributed by atoms with Crippen LogP contribution in [0.1, 0.15) is 54.3 Å². The summed E-state index contributed by atoms with van der Waals surface area (Å²) in [5.41, 5.74) is 3.53. The van der Waals surface area contributed by atoms with E-state index in [1.165, 1.54) is 30.5 Å². The fraction of sp³-hybridized carbons (Fsp3) is 0.444. The molecule has 0 saturated heterocycles. The molecular formula is C18H21N3O2. The number of H-pyrrole nitrogens is 1. The van der Waals surface area contributed by atoms with Crippen LogP contribution in [0.3, 0.4) is 0 Å². The van der Waals surface area contributed by atoms with Gasteiger partial charge in [0.05, 0.1) is 13.2 Å². The predicted molar refractivity (Wildman–Crippen MR) is 87.3 cm³/mol. The first kappa shape index (κ1) is 14.5. The van der Waals surface area contributed by atoms with Crippen LogP contribution in [-0.2, 0) is 16.1 Å². The van der Waals surface area contributed by atoms with Crippen molar-refractivity contribution in [2.24, 2.45) is 0 Å². The van der Waals surface area contributed by atoms with Gasteiger partial charge in [0.1, 0.15) is 0 Å². The second kappa shape index (κ2) is 6.16. The van der Waals surface area contributed by atoms with E-state index in [-0.39, 0.29) is 11.8 Å². The highest BCUT2D eigenvalue weighted by Crippen LogP contribution is 2.43.